The van der Waals surface area contributed by atoms with E-state index in [1.54, 1.807) is 6.20 Å². The maximum absolute atomic E-state index is 4.13. The van der Waals surface area contributed by atoms with Gasteiger partial charge < -0.3 is 10.6 Å². The molecule has 0 unspecified atom stereocenters. The highest BCUT2D eigenvalue weighted by molar-refractivity contribution is 5.67. The van der Waals surface area contributed by atoms with Gasteiger partial charge in [0.25, 0.3) is 0 Å². The second kappa shape index (κ2) is 2.17. The first-order chi connectivity index (χ1) is 4.97. The molecule has 1 aliphatic rings. The fourth-order valence-electron chi connectivity index (χ4n) is 0.971. The molecule has 1 radical (unpaired) electrons. The third-order valence-corrected chi connectivity index (χ3v) is 1.44. The Labute approximate surface area is 59.5 Å². The van der Waals surface area contributed by atoms with Gasteiger partial charge in [-0.3, -0.25) is 0 Å². The zero-order chi connectivity index (χ0) is 6.81. The van der Waals surface area contributed by atoms with Gasteiger partial charge in [0, 0.05) is 12.7 Å². The lowest BCUT2D eigenvalue weighted by Crippen LogP contribution is -2.16. The van der Waals surface area contributed by atoms with Crippen molar-refractivity contribution in [3.8, 4) is 0 Å². The summed E-state index contributed by atoms with van der Waals surface area (Å²) in [4.78, 5) is 4.13. The van der Waals surface area contributed by atoms with Crippen molar-refractivity contribution in [1.82, 2.24) is 4.98 Å². The van der Waals surface area contributed by atoms with Crippen LogP contribution in [0.5, 0.6) is 0 Å². The first-order valence-corrected chi connectivity index (χ1v) is 3.24. The second-order valence-electron chi connectivity index (χ2n) is 2.13. The topological polar surface area (TPSA) is 37.0 Å². The Kier molecular flexibility index (Phi) is 1.20. The van der Waals surface area contributed by atoms with Crippen LogP contribution in [-0.4, -0.2) is 11.5 Å². The Hall–Kier alpha value is -1.25. The summed E-state index contributed by atoms with van der Waals surface area (Å²) in [6.07, 6.45) is 1.78. The Bertz CT molecular complexity index is 209. The predicted octanol–water partition coefficient (Wildman–Crippen LogP) is 1.08. The van der Waals surface area contributed by atoms with Crippen LogP contribution in [0.1, 0.15) is 0 Å². The molecule has 0 saturated heterocycles. The first kappa shape index (κ1) is 5.53. The molecule has 2 rings (SSSR count). The standard InChI is InChI=1S/C7H8N3/c1-2-6-7(9-3-1)10-5-4-8-6/h1-4,8H,5H2,(H,9,10). The van der Waals surface area contributed by atoms with E-state index in [0.29, 0.717) is 0 Å². The van der Waals surface area contributed by atoms with Crippen LogP contribution in [0.15, 0.2) is 18.3 Å². The predicted molar refractivity (Wildman–Crippen MR) is 40.6 cm³/mol. The van der Waals surface area contributed by atoms with Gasteiger partial charge in [0.1, 0.15) is 5.82 Å². The van der Waals surface area contributed by atoms with E-state index in [-0.39, 0.29) is 0 Å². The Balaban J connectivity index is 2.41. The van der Waals surface area contributed by atoms with E-state index in [0.717, 1.165) is 18.1 Å². The quantitative estimate of drug-likeness (QED) is 0.557. The molecular formula is C7H8N3. The molecule has 3 heteroatoms. The van der Waals surface area contributed by atoms with Crippen molar-refractivity contribution in [2.24, 2.45) is 0 Å². The summed E-state index contributed by atoms with van der Waals surface area (Å²) in [5, 5.41) is 6.25. The van der Waals surface area contributed by atoms with Gasteiger partial charge >= 0.3 is 0 Å². The molecule has 0 spiro atoms. The average molecular weight is 134 g/mol. The zero-order valence-electron chi connectivity index (χ0n) is 5.46. The minimum absolute atomic E-state index is 0.837. The number of nitrogens with zero attached hydrogens (tertiary/aromatic N) is 1. The molecule has 0 bridgehead atoms. The summed E-state index contributed by atoms with van der Waals surface area (Å²) in [6.45, 7) is 2.80. The molecule has 0 aromatic carbocycles. The fraction of sp³-hybridized carbons (Fsp3) is 0.143. The Morgan fingerprint density at radius 1 is 1.50 bits per heavy atom. The fourth-order valence-corrected chi connectivity index (χ4v) is 0.971. The van der Waals surface area contributed by atoms with Gasteiger partial charge in [-0.05, 0) is 12.1 Å². The lowest BCUT2D eigenvalue weighted by Gasteiger charge is -2.16. The van der Waals surface area contributed by atoms with E-state index >= 15 is 0 Å². The number of hydrogen-bond donors (Lipinski definition) is 2. The van der Waals surface area contributed by atoms with Gasteiger partial charge in [-0.15, -0.1) is 0 Å². The number of rotatable bonds is 0. The maximum atomic E-state index is 4.13. The highest BCUT2D eigenvalue weighted by atomic mass is 15.1. The van der Waals surface area contributed by atoms with Crippen LogP contribution >= 0.6 is 0 Å². The molecule has 0 fully saturated rings. The molecule has 2 heterocycles. The van der Waals surface area contributed by atoms with Crippen LogP contribution in [0, 0.1) is 6.54 Å². The van der Waals surface area contributed by atoms with Crippen molar-refractivity contribution < 1.29 is 0 Å². The minimum Gasteiger partial charge on any atom is -0.375 e. The lowest BCUT2D eigenvalue weighted by atomic mass is 10.3. The Morgan fingerprint density at radius 2 is 2.50 bits per heavy atom. The van der Waals surface area contributed by atoms with Crippen LogP contribution in [0.2, 0.25) is 0 Å². The van der Waals surface area contributed by atoms with Crippen molar-refractivity contribution in [1.29, 1.82) is 0 Å². The SMILES string of the molecule is [CH]1CNc2ncccc2N1. The summed E-state index contributed by atoms with van der Waals surface area (Å²) in [6, 6.07) is 3.90. The largest absolute Gasteiger partial charge is 0.375 e. The first-order valence-electron chi connectivity index (χ1n) is 3.24. The Morgan fingerprint density at radius 3 is 3.40 bits per heavy atom. The van der Waals surface area contributed by atoms with Gasteiger partial charge in [-0.1, -0.05) is 0 Å². The van der Waals surface area contributed by atoms with Crippen LogP contribution in [0.4, 0.5) is 11.5 Å². The summed E-state index contributed by atoms with van der Waals surface area (Å²) in [7, 11) is 0. The van der Waals surface area contributed by atoms with E-state index in [1.807, 2.05) is 18.7 Å². The van der Waals surface area contributed by atoms with E-state index < -0.39 is 0 Å². The van der Waals surface area contributed by atoms with E-state index in [9.17, 15) is 0 Å². The summed E-state index contributed by atoms with van der Waals surface area (Å²) >= 11 is 0. The molecule has 2 N–H and O–H groups in total. The van der Waals surface area contributed by atoms with Gasteiger partial charge in [-0.25, -0.2) is 4.98 Å². The molecule has 1 aromatic rings. The molecule has 0 aliphatic carbocycles. The summed E-state index contributed by atoms with van der Waals surface area (Å²) < 4.78 is 0. The normalized spacial score (nSPS) is 14.8. The maximum Gasteiger partial charge on any atom is 0.149 e. The summed E-state index contributed by atoms with van der Waals surface area (Å²) in [5.41, 5.74) is 1.05. The van der Waals surface area contributed by atoms with E-state index in [4.69, 9.17) is 0 Å². The zero-order valence-corrected chi connectivity index (χ0v) is 5.46. The molecule has 0 saturated carbocycles. The number of hydrogen-bond acceptors (Lipinski definition) is 3. The van der Waals surface area contributed by atoms with Crippen molar-refractivity contribution in [2.45, 2.75) is 0 Å². The number of aromatic nitrogens is 1. The third-order valence-electron chi connectivity index (χ3n) is 1.44. The van der Waals surface area contributed by atoms with Gasteiger partial charge in [-0.2, -0.15) is 0 Å². The lowest BCUT2D eigenvalue weighted by molar-refractivity contribution is 1.12. The van der Waals surface area contributed by atoms with E-state index in [2.05, 4.69) is 15.6 Å². The van der Waals surface area contributed by atoms with Gasteiger partial charge in [0.2, 0.25) is 0 Å². The molecule has 0 atom stereocenters. The molecule has 51 valence electrons. The number of anilines is 2. The second-order valence-corrected chi connectivity index (χ2v) is 2.13. The number of nitrogens with one attached hydrogen (secondary N) is 2. The molecule has 10 heavy (non-hydrogen) atoms. The van der Waals surface area contributed by atoms with Gasteiger partial charge in [0.15, 0.2) is 0 Å². The highest BCUT2D eigenvalue weighted by Gasteiger charge is 2.05. The van der Waals surface area contributed by atoms with Crippen molar-refractivity contribution in [2.75, 3.05) is 17.2 Å². The molecule has 3 nitrogen and oxygen atoms in total. The van der Waals surface area contributed by atoms with Gasteiger partial charge in [0.05, 0.1) is 12.2 Å². The smallest absolute Gasteiger partial charge is 0.149 e. The van der Waals surface area contributed by atoms with Crippen molar-refractivity contribution in [3.63, 3.8) is 0 Å². The molecular weight excluding hydrogens is 126 g/mol. The van der Waals surface area contributed by atoms with Crippen molar-refractivity contribution in [3.05, 3.63) is 24.9 Å². The molecule has 1 aromatic heterocycles. The summed E-state index contributed by atoms with van der Waals surface area (Å²) in [5.74, 6) is 0.935. The molecule has 0 amide bonds. The van der Waals surface area contributed by atoms with E-state index in [1.165, 1.54) is 0 Å². The number of fused-ring (bicyclic) bond motifs is 1. The molecule has 1 aliphatic heterocycles. The van der Waals surface area contributed by atoms with Crippen LogP contribution in [0.3, 0.4) is 0 Å². The minimum atomic E-state index is 0.837. The van der Waals surface area contributed by atoms with Crippen molar-refractivity contribution >= 4 is 11.5 Å². The third kappa shape index (κ3) is 0.795. The van der Waals surface area contributed by atoms with Crippen LogP contribution in [0.25, 0.3) is 0 Å². The average Bonchev–Trinajstić information content (AvgIpc) is 2.05. The van der Waals surface area contributed by atoms with Crippen LogP contribution < -0.4 is 10.6 Å². The monoisotopic (exact) mass is 134 g/mol. The number of pyridine rings is 1. The highest BCUT2D eigenvalue weighted by Crippen LogP contribution is 2.20. The van der Waals surface area contributed by atoms with Crippen LogP contribution in [-0.2, 0) is 0 Å².